The Hall–Kier alpha value is -2.30. The van der Waals surface area contributed by atoms with E-state index in [9.17, 15) is 9.59 Å². The van der Waals surface area contributed by atoms with Crippen molar-refractivity contribution in [2.45, 2.75) is 32.0 Å². The number of rotatable bonds is 7. The van der Waals surface area contributed by atoms with Crippen LogP contribution in [0.1, 0.15) is 18.9 Å². The number of benzene rings is 1. The lowest BCUT2D eigenvalue weighted by molar-refractivity contribution is -0.116. The lowest BCUT2D eigenvalue weighted by Gasteiger charge is -2.22. The fraction of sp³-hybridized carbons (Fsp3) is 0.333. The molecule has 0 aliphatic carbocycles. The fourth-order valence-electron chi connectivity index (χ4n) is 2.33. The van der Waals surface area contributed by atoms with Gasteiger partial charge in [0.2, 0.25) is 5.91 Å². The Kier molecular flexibility index (Phi) is 7.25. The highest BCUT2D eigenvalue weighted by Crippen LogP contribution is 2.24. The maximum atomic E-state index is 12.8. The van der Waals surface area contributed by atoms with E-state index in [4.69, 9.17) is 16.9 Å². The van der Waals surface area contributed by atoms with Crippen LogP contribution in [0.3, 0.4) is 0 Å². The van der Waals surface area contributed by atoms with E-state index in [0.717, 1.165) is 5.56 Å². The maximum Gasteiger partial charge on any atom is 0.273 e. The number of amides is 1. The first kappa shape index (κ1) is 20.0. The summed E-state index contributed by atoms with van der Waals surface area (Å²) in [5.41, 5.74) is 1.22. The van der Waals surface area contributed by atoms with E-state index in [1.165, 1.54) is 17.8 Å². The Morgan fingerprint density at radius 2 is 2.19 bits per heavy atom. The van der Waals surface area contributed by atoms with Crippen LogP contribution in [0, 0.1) is 18.3 Å². The Balaban J connectivity index is 2.19. The summed E-state index contributed by atoms with van der Waals surface area (Å²) in [6.45, 7) is 4.74. The topological polar surface area (TPSA) is 79.0 Å². The van der Waals surface area contributed by atoms with E-state index in [-0.39, 0.29) is 23.6 Å². The molecule has 8 heteroatoms. The van der Waals surface area contributed by atoms with Gasteiger partial charge in [-0.25, -0.2) is 0 Å². The van der Waals surface area contributed by atoms with Gasteiger partial charge >= 0.3 is 0 Å². The van der Waals surface area contributed by atoms with Gasteiger partial charge in [0.15, 0.2) is 5.16 Å². The first-order valence-corrected chi connectivity index (χ1v) is 9.46. The number of aryl methyl sites for hydroxylation is 2. The van der Waals surface area contributed by atoms with Crippen molar-refractivity contribution in [3.05, 3.63) is 51.4 Å². The largest absolute Gasteiger partial charge is 0.328 e. The number of nitriles is 1. The maximum absolute atomic E-state index is 12.8. The molecular formula is C18H19ClN4O2S. The standard InChI is InChI=1S/C18H19ClN4O2S/c1-3-22-10-7-16(24)21-18(22)26-12-17(25)23(9-4-8-20)14-5-6-15(19)13(2)11-14/h5-7,10-11H,3-4,9,12H2,1-2H3. The smallest absolute Gasteiger partial charge is 0.273 e. The molecule has 0 saturated carbocycles. The second-order valence-corrected chi connectivity index (χ2v) is 6.86. The third-order valence-corrected chi connectivity index (χ3v) is 5.11. The molecular weight excluding hydrogens is 372 g/mol. The van der Waals surface area contributed by atoms with E-state index in [1.807, 2.05) is 24.5 Å². The summed E-state index contributed by atoms with van der Waals surface area (Å²) in [4.78, 5) is 29.8. The number of aromatic nitrogens is 2. The van der Waals surface area contributed by atoms with Crippen LogP contribution in [0.15, 0.2) is 40.4 Å². The van der Waals surface area contributed by atoms with E-state index in [0.29, 0.717) is 29.0 Å². The highest BCUT2D eigenvalue weighted by molar-refractivity contribution is 7.99. The zero-order valence-corrected chi connectivity index (χ0v) is 16.2. The summed E-state index contributed by atoms with van der Waals surface area (Å²) in [6, 6.07) is 8.78. The molecule has 26 heavy (non-hydrogen) atoms. The van der Waals surface area contributed by atoms with Crippen LogP contribution in [0.4, 0.5) is 5.69 Å². The van der Waals surface area contributed by atoms with Crippen molar-refractivity contribution in [3.8, 4) is 6.07 Å². The van der Waals surface area contributed by atoms with Crippen molar-refractivity contribution in [2.24, 2.45) is 0 Å². The summed E-state index contributed by atoms with van der Waals surface area (Å²) < 4.78 is 1.81. The van der Waals surface area contributed by atoms with Crippen LogP contribution in [0.2, 0.25) is 5.02 Å². The molecule has 2 rings (SSSR count). The van der Waals surface area contributed by atoms with Crippen molar-refractivity contribution in [2.75, 3.05) is 17.2 Å². The molecule has 0 aliphatic heterocycles. The average Bonchev–Trinajstić information content (AvgIpc) is 2.63. The minimum absolute atomic E-state index is 0.115. The number of anilines is 1. The quantitative estimate of drug-likeness (QED) is 0.535. The SMILES string of the molecule is CCn1ccc(=O)nc1SCC(=O)N(CCC#N)c1ccc(Cl)c(C)c1. The molecule has 1 aromatic heterocycles. The van der Waals surface area contributed by atoms with Gasteiger partial charge < -0.3 is 9.47 Å². The van der Waals surface area contributed by atoms with Gasteiger partial charge in [-0.05, 0) is 37.6 Å². The number of hydrogen-bond donors (Lipinski definition) is 0. The van der Waals surface area contributed by atoms with Gasteiger partial charge in [-0.2, -0.15) is 10.2 Å². The zero-order chi connectivity index (χ0) is 19.1. The van der Waals surface area contributed by atoms with Gasteiger partial charge in [-0.1, -0.05) is 23.4 Å². The van der Waals surface area contributed by atoms with Gasteiger partial charge in [-0.3, -0.25) is 9.59 Å². The normalized spacial score (nSPS) is 10.4. The molecule has 1 aromatic carbocycles. The lowest BCUT2D eigenvalue weighted by atomic mass is 10.2. The fourth-order valence-corrected chi connectivity index (χ4v) is 3.37. The summed E-state index contributed by atoms with van der Waals surface area (Å²) in [6.07, 6.45) is 1.89. The first-order chi connectivity index (χ1) is 12.5. The van der Waals surface area contributed by atoms with Gasteiger partial charge in [0.1, 0.15) is 0 Å². The molecule has 0 aliphatic rings. The Morgan fingerprint density at radius 1 is 1.42 bits per heavy atom. The van der Waals surface area contributed by atoms with Gasteiger partial charge in [0.05, 0.1) is 18.2 Å². The first-order valence-electron chi connectivity index (χ1n) is 8.10. The number of halogens is 1. The van der Waals surface area contributed by atoms with Crippen LogP contribution in [-0.2, 0) is 11.3 Å². The lowest BCUT2D eigenvalue weighted by Crippen LogP contribution is -2.33. The van der Waals surface area contributed by atoms with Crippen molar-refractivity contribution < 1.29 is 4.79 Å². The predicted molar refractivity (Wildman–Crippen MR) is 104 cm³/mol. The highest BCUT2D eigenvalue weighted by atomic mass is 35.5. The van der Waals surface area contributed by atoms with Gasteiger partial charge in [0, 0.05) is 36.1 Å². The summed E-state index contributed by atoms with van der Waals surface area (Å²) >= 11 is 7.27. The second-order valence-electron chi connectivity index (χ2n) is 5.51. The number of nitrogens with zero attached hydrogens (tertiary/aromatic N) is 4. The van der Waals surface area contributed by atoms with Crippen LogP contribution in [-0.4, -0.2) is 27.8 Å². The molecule has 1 amide bonds. The number of hydrogen-bond acceptors (Lipinski definition) is 5. The molecule has 0 saturated heterocycles. The van der Waals surface area contributed by atoms with Gasteiger partial charge in [0.25, 0.3) is 5.56 Å². The second kappa shape index (κ2) is 9.41. The van der Waals surface area contributed by atoms with E-state index < -0.39 is 0 Å². The molecule has 1 heterocycles. The Bertz CT molecular complexity index is 891. The van der Waals surface area contributed by atoms with Crippen molar-refractivity contribution in [1.82, 2.24) is 9.55 Å². The Morgan fingerprint density at radius 3 is 2.85 bits per heavy atom. The summed E-state index contributed by atoms with van der Waals surface area (Å²) in [5.74, 6) is -0.0449. The van der Waals surface area contributed by atoms with Crippen LogP contribution < -0.4 is 10.5 Å². The highest BCUT2D eigenvalue weighted by Gasteiger charge is 2.17. The number of thioether (sulfide) groups is 1. The predicted octanol–water partition coefficient (Wildman–Crippen LogP) is 3.26. The molecule has 0 bridgehead atoms. The molecule has 0 radical (unpaired) electrons. The number of carbonyl (C=O) groups excluding carboxylic acids is 1. The van der Waals surface area contributed by atoms with E-state index >= 15 is 0 Å². The number of carbonyl (C=O) groups is 1. The molecule has 0 unspecified atom stereocenters. The average molecular weight is 391 g/mol. The Labute approximate surface area is 161 Å². The van der Waals surface area contributed by atoms with Crippen molar-refractivity contribution in [3.63, 3.8) is 0 Å². The summed E-state index contributed by atoms with van der Waals surface area (Å²) in [7, 11) is 0. The van der Waals surface area contributed by atoms with Crippen molar-refractivity contribution in [1.29, 1.82) is 5.26 Å². The molecule has 0 atom stereocenters. The molecule has 0 fully saturated rings. The minimum atomic E-state index is -0.334. The van der Waals surface area contributed by atoms with Crippen LogP contribution in [0.5, 0.6) is 0 Å². The third-order valence-electron chi connectivity index (χ3n) is 3.72. The van der Waals surface area contributed by atoms with Crippen LogP contribution >= 0.6 is 23.4 Å². The van der Waals surface area contributed by atoms with Gasteiger partial charge in [-0.15, -0.1) is 0 Å². The molecule has 2 aromatic rings. The van der Waals surface area contributed by atoms with Crippen LogP contribution in [0.25, 0.3) is 0 Å². The minimum Gasteiger partial charge on any atom is -0.328 e. The summed E-state index contributed by atoms with van der Waals surface area (Å²) in [5, 5.41) is 10.0. The molecule has 136 valence electrons. The molecule has 0 N–H and O–H groups in total. The van der Waals surface area contributed by atoms with Crippen molar-refractivity contribution >= 4 is 35.0 Å². The zero-order valence-electron chi connectivity index (χ0n) is 14.6. The van der Waals surface area contributed by atoms with E-state index in [1.54, 1.807) is 23.2 Å². The molecule has 0 spiro atoms. The monoisotopic (exact) mass is 390 g/mol. The van der Waals surface area contributed by atoms with E-state index in [2.05, 4.69) is 11.1 Å². The molecule has 6 nitrogen and oxygen atoms in total. The third kappa shape index (κ3) is 5.10.